The minimum Gasteiger partial charge on any atom is -0.376 e. The third-order valence-electron chi connectivity index (χ3n) is 1.36. The highest BCUT2D eigenvalue weighted by molar-refractivity contribution is 7.80. The van der Waals surface area contributed by atoms with E-state index < -0.39 is 10.7 Å². The number of nitrogens with one attached hydrogen (secondary N) is 1. The van der Waals surface area contributed by atoms with Crippen molar-refractivity contribution in [2.45, 2.75) is 0 Å². The Kier molecular flexibility index (Phi) is 2.92. The third kappa shape index (κ3) is 2.63. The van der Waals surface area contributed by atoms with Gasteiger partial charge in [0.15, 0.2) is 5.11 Å². The summed E-state index contributed by atoms with van der Waals surface area (Å²) in [7, 11) is 0. The number of nitrogens with zero attached hydrogens (tertiary/aromatic N) is 1. The Hall–Kier alpha value is -1.76. The normalized spacial score (nSPS) is 9.50. The predicted octanol–water partition coefficient (Wildman–Crippen LogP) is 1.39. The van der Waals surface area contributed by atoms with Gasteiger partial charge in [-0.05, 0) is 18.3 Å². The number of nitro benzene ring substituents is 1. The van der Waals surface area contributed by atoms with Crippen molar-refractivity contribution in [1.29, 1.82) is 0 Å². The van der Waals surface area contributed by atoms with Crippen LogP contribution in [0.15, 0.2) is 18.2 Å². The van der Waals surface area contributed by atoms with Crippen LogP contribution in [-0.4, -0.2) is 10.0 Å². The summed E-state index contributed by atoms with van der Waals surface area (Å²) in [6, 6.07) is 3.01. The van der Waals surface area contributed by atoms with Crippen LogP contribution in [0.2, 0.25) is 0 Å². The molecular formula is C7H6FN3O2S. The molecule has 0 aliphatic heterocycles. The smallest absolute Gasteiger partial charge is 0.274 e. The molecule has 0 spiro atoms. The van der Waals surface area contributed by atoms with Gasteiger partial charge < -0.3 is 11.1 Å². The first-order chi connectivity index (χ1) is 6.49. The van der Waals surface area contributed by atoms with E-state index in [9.17, 15) is 14.5 Å². The zero-order chi connectivity index (χ0) is 10.7. The number of anilines is 1. The minimum absolute atomic E-state index is 0.0788. The lowest BCUT2D eigenvalue weighted by Gasteiger charge is -2.02. The van der Waals surface area contributed by atoms with E-state index in [2.05, 4.69) is 17.5 Å². The number of thiocarbonyl (C=S) groups is 1. The van der Waals surface area contributed by atoms with E-state index >= 15 is 0 Å². The molecule has 1 aromatic carbocycles. The summed E-state index contributed by atoms with van der Waals surface area (Å²) < 4.78 is 12.8. The van der Waals surface area contributed by atoms with Crippen molar-refractivity contribution in [1.82, 2.24) is 0 Å². The molecule has 5 nitrogen and oxygen atoms in total. The van der Waals surface area contributed by atoms with Gasteiger partial charge in [0.1, 0.15) is 5.82 Å². The van der Waals surface area contributed by atoms with Crippen LogP contribution >= 0.6 is 12.2 Å². The Labute approximate surface area is 83.9 Å². The molecule has 3 N–H and O–H groups in total. The van der Waals surface area contributed by atoms with Crippen molar-refractivity contribution in [3.8, 4) is 0 Å². The van der Waals surface area contributed by atoms with Crippen molar-refractivity contribution >= 4 is 28.7 Å². The Morgan fingerprint density at radius 2 is 2.21 bits per heavy atom. The SMILES string of the molecule is NC(=S)Nc1cc(F)cc([N+](=O)[O-])c1. The molecule has 0 aromatic heterocycles. The molecule has 0 unspecified atom stereocenters. The largest absolute Gasteiger partial charge is 0.376 e. The summed E-state index contributed by atoms with van der Waals surface area (Å²) in [6.07, 6.45) is 0. The first kappa shape index (κ1) is 10.3. The number of halogens is 1. The quantitative estimate of drug-likeness (QED) is 0.442. The average Bonchev–Trinajstić information content (AvgIpc) is 2.01. The highest BCUT2D eigenvalue weighted by Gasteiger charge is 2.09. The molecule has 0 saturated carbocycles. The van der Waals surface area contributed by atoms with Crippen LogP contribution in [0.5, 0.6) is 0 Å². The number of hydrogen-bond donors (Lipinski definition) is 2. The maximum absolute atomic E-state index is 12.8. The topological polar surface area (TPSA) is 81.2 Å². The summed E-state index contributed by atoms with van der Waals surface area (Å²) in [4.78, 5) is 9.64. The second-order valence-corrected chi connectivity index (χ2v) is 2.88. The number of nitro groups is 1. The first-order valence-corrected chi connectivity index (χ1v) is 3.91. The van der Waals surface area contributed by atoms with Gasteiger partial charge in [-0.1, -0.05) is 0 Å². The number of rotatable bonds is 2. The minimum atomic E-state index is -0.724. The van der Waals surface area contributed by atoms with Crippen LogP contribution in [0, 0.1) is 15.9 Å². The summed E-state index contributed by atoms with van der Waals surface area (Å²) in [5.74, 6) is -0.724. The zero-order valence-electron chi connectivity index (χ0n) is 6.86. The van der Waals surface area contributed by atoms with Gasteiger partial charge in [-0.15, -0.1) is 0 Å². The Bertz CT molecular complexity index is 397. The monoisotopic (exact) mass is 215 g/mol. The molecule has 1 aromatic rings. The fourth-order valence-electron chi connectivity index (χ4n) is 0.894. The van der Waals surface area contributed by atoms with Crippen LogP contribution in [0.4, 0.5) is 15.8 Å². The van der Waals surface area contributed by atoms with Crippen LogP contribution in [0.3, 0.4) is 0 Å². The van der Waals surface area contributed by atoms with Crippen molar-refractivity contribution < 1.29 is 9.31 Å². The lowest BCUT2D eigenvalue weighted by Crippen LogP contribution is -2.19. The molecule has 14 heavy (non-hydrogen) atoms. The molecule has 0 aliphatic carbocycles. The average molecular weight is 215 g/mol. The third-order valence-corrected chi connectivity index (χ3v) is 1.46. The van der Waals surface area contributed by atoms with Gasteiger partial charge in [-0.3, -0.25) is 10.1 Å². The van der Waals surface area contributed by atoms with Gasteiger partial charge in [-0.25, -0.2) is 4.39 Å². The molecule has 0 heterocycles. The van der Waals surface area contributed by atoms with E-state index in [1.54, 1.807) is 0 Å². The van der Waals surface area contributed by atoms with E-state index in [0.29, 0.717) is 0 Å². The molecule has 7 heteroatoms. The summed E-state index contributed by atoms with van der Waals surface area (Å²) in [5.41, 5.74) is 4.93. The predicted molar refractivity (Wildman–Crippen MR) is 53.5 cm³/mol. The van der Waals surface area contributed by atoms with E-state index in [0.717, 1.165) is 18.2 Å². The van der Waals surface area contributed by atoms with Gasteiger partial charge in [0.2, 0.25) is 0 Å². The van der Waals surface area contributed by atoms with Gasteiger partial charge in [0.25, 0.3) is 5.69 Å². The number of non-ortho nitro benzene ring substituents is 1. The Balaban J connectivity index is 3.07. The standard InChI is InChI=1S/C7H6FN3O2S/c8-4-1-5(10-7(9)14)3-6(2-4)11(12)13/h1-3H,(H3,9,10,14). The maximum atomic E-state index is 12.8. The van der Waals surface area contributed by atoms with E-state index in [4.69, 9.17) is 5.73 Å². The van der Waals surface area contributed by atoms with E-state index in [-0.39, 0.29) is 16.5 Å². The van der Waals surface area contributed by atoms with Gasteiger partial charge >= 0.3 is 0 Å². The van der Waals surface area contributed by atoms with E-state index in [1.807, 2.05) is 0 Å². The molecule has 0 saturated heterocycles. The summed E-state index contributed by atoms with van der Waals surface area (Å²) >= 11 is 4.50. The maximum Gasteiger partial charge on any atom is 0.274 e. The summed E-state index contributed by atoms with van der Waals surface area (Å²) in [6.45, 7) is 0. The highest BCUT2D eigenvalue weighted by Crippen LogP contribution is 2.19. The fraction of sp³-hybridized carbons (Fsp3) is 0. The molecule has 0 amide bonds. The Morgan fingerprint density at radius 3 is 2.71 bits per heavy atom. The molecule has 74 valence electrons. The number of benzene rings is 1. The van der Waals surface area contributed by atoms with Crippen molar-refractivity contribution in [3.63, 3.8) is 0 Å². The highest BCUT2D eigenvalue weighted by atomic mass is 32.1. The molecule has 0 bridgehead atoms. The first-order valence-electron chi connectivity index (χ1n) is 3.50. The van der Waals surface area contributed by atoms with Gasteiger partial charge in [0, 0.05) is 11.8 Å². The molecule has 0 radical (unpaired) electrons. The zero-order valence-corrected chi connectivity index (χ0v) is 7.68. The van der Waals surface area contributed by atoms with Gasteiger partial charge in [-0.2, -0.15) is 0 Å². The molecular weight excluding hydrogens is 209 g/mol. The van der Waals surface area contributed by atoms with Crippen molar-refractivity contribution in [2.75, 3.05) is 5.32 Å². The van der Waals surface area contributed by atoms with Crippen LogP contribution in [0.1, 0.15) is 0 Å². The molecule has 1 rings (SSSR count). The Morgan fingerprint density at radius 1 is 1.57 bits per heavy atom. The lowest BCUT2D eigenvalue weighted by atomic mass is 10.3. The van der Waals surface area contributed by atoms with Crippen molar-refractivity contribution in [3.05, 3.63) is 34.1 Å². The number of hydrogen-bond acceptors (Lipinski definition) is 3. The number of nitrogens with two attached hydrogens (primary N) is 1. The van der Waals surface area contributed by atoms with Gasteiger partial charge in [0.05, 0.1) is 11.0 Å². The molecule has 0 fully saturated rings. The van der Waals surface area contributed by atoms with Crippen LogP contribution in [-0.2, 0) is 0 Å². The van der Waals surface area contributed by atoms with E-state index in [1.165, 1.54) is 0 Å². The van der Waals surface area contributed by atoms with Crippen LogP contribution < -0.4 is 11.1 Å². The molecule has 0 aliphatic rings. The fourth-order valence-corrected chi connectivity index (χ4v) is 1.01. The molecule has 0 atom stereocenters. The lowest BCUT2D eigenvalue weighted by molar-refractivity contribution is -0.385. The second kappa shape index (κ2) is 3.97. The van der Waals surface area contributed by atoms with Crippen LogP contribution in [0.25, 0.3) is 0 Å². The van der Waals surface area contributed by atoms with Crippen molar-refractivity contribution in [2.24, 2.45) is 5.73 Å². The summed E-state index contributed by atoms with van der Waals surface area (Å²) in [5, 5.41) is 12.7. The second-order valence-electron chi connectivity index (χ2n) is 2.44.